The minimum Gasteiger partial charge on any atom is -0.416 e. The Labute approximate surface area is 161 Å². The van der Waals surface area contributed by atoms with Crippen molar-refractivity contribution in [2.24, 2.45) is 0 Å². The van der Waals surface area contributed by atoms with Crippen LogP contribution in [0.4, 0.5) is 5.69 Å². The standard InChI is InChI=1S/C20H19N3O3S/c1-13-3-5-15(6-4-13)11-19-22-23-20(26-19)27-12-18(25)21-17-9-7-16(8-10-17)14(2)24/h3-10H,11-12H2,1-2H3,(H,21,25). The van der Waals surface area contributed by atoms with Gasteiger partial charge in [-0.3, -0.25) is 9.59 Å². The lowest BCUT2D eigenvalue weighted by Gasteiger charge is -2.04. The average molecular weight is 381 g/mol. The highest BCUT2D eigenvalue weighted by atomic mass is 32.2. The van der Waals surface area contributed by atoms with Crippen LogP contribution in [0.5, 0.6) is 0 Å². The Kier molecular flexibility index (Phi) is 6.03. The second-order valence-electron chi connectivity index (χ2n) is 6.09. The van der Waals surface area contributed by atoms with Crippen LogP contribution in [-0.2, 0) is 11.2 Å². The van der Waals surface area contributed by atoms with E-state index in [-0.39, 0.29) is 17.4 Å². The summed E-state index contributed by atoms with van der Waals surface area (Å²) in [5.41, 5.74) is 3.53. The van der Waals surface area contributed by atoms with Gasteiger partial charge in [-0.2, -0.15) is 0 Å². The van der Waals surface area contributed by atoms with Crippen LogP contribution >= 0.6 is 11.8 Å². The lowest BCUT2D eigenvalue weighted by atomic mass is 10.1. The molecule has 138 valence electrons. The van der Waals surface area contributed by atoms with Gasteiger partial charge in [-0.15, -0.1) is 10.2 Å². The van der Waals surface area contributed by atoms with E-state index in [1.165, 1.54) is 24.2 Å². The highest BCUT2D eigenvalue weighted by Crippen LogP contribution is 2.19. The molecular weight excluding hydrogens is 362 g/mol. The number of anilines is 1. The maximum atomic E-state index is 12.0. The van der Waals surface area contributed by atoms with Crippen LogP contribution in [0.3, 0.4) is 0 Å². The number of ketones is 1. The molecule has 0 saturated heterocycles. The van der Waals surface area contributed by atoms with Crippen LogP contribution in [0, 0.1) is 6.92 Å². The molecule has 27 heavy (non-hydrogen) atoms. The zero-order chi connectivity index (χ0) is 19.2. The van der Waals surface area contributed by atoms with E-state index in [0.29, 0.717) is 28.8 Å². The monoisotopic (exact) mass is 381 g/mol. The van der Waals surface area contributed by atoms with E-state index >= 15 is 0 Å². The second-order valence-corrected chi connectivity index (χ2v) is 7.02. The number of aryl methyl sites for hydroxylation is 1. The third kappa shape index (κ3) is 5.52. The van der Waals surface area contributed by atoms with E-state index in [4.69, 9.17) is 4.42 Å². The molecule has 0 radical (unpaired) electrons. The summed E-state index contributed by atoms with van der Waals surface area (Å²) in [5.74, 6) is 0.470. The number of nitrogens with one attached hydrogen (secondary N) is 1. The molecular formula is C20H19N3O3S. The molecule has 0 bridgehead atoms. The summed E-state index contributed by atoms with van der Waals surface area (Å²) < 4.78 is 5.58. The van der Waals surface area contributed by atoms with Gasteiger partial charge >= 0.3 is 0 Å². The molecule has 1 amide bonds. The molecule has 0 saturated carbocycles. The number of carbonyl (C=O) groups excluding carboxylic acids is 2. The number of thioether (sulfide) groups is 1. The van der Waals surface area contributed by atoms with E-state index in [0.717, 1.165) is 5.56 Å². The van der Waals surface area contributed by atoms with Crippen molar-refractivity contribution < 1.29 is 14.0 Å². The van der Waals surface area contributed by atoms with Crippen LogP contribution in [0.25, 0.3) is 0 Å². The van der Waals surface area contributed by atoms with Gasteiger partial charge in [0, 0.05) is 11.3 Å². The lowest BCUT2D eigenvalue weighted by Crippen LogP contribution is -2.14. The van der Waals surface area contributed by atoms with Gasteiger partial charge in [-0.05, 0) is 43.7 Å². The number of hydrogen-bond donors (Lipinski definition) is 1. The molecule has 2 aromatic carbocycles. The topological polar surface area (TPSA) is 85.1 Å². The number of hydrogen-bond acceptors (Lipinski definition) is 6. The Morgan fingerprint density at radius 3 is 2.41 bits per heavy atom. The van der Waals surface area contributed by atoms with E-state index in [2.05, 4.69) is 15.5 Å². The fourth-order valence-corrected chi connectivity index (χ4v) is 2.94. The van der Waals surface area contributed by atoms with Crippen molar-refractivity contribution in [3.63, 3.8) is 0 Å². The first-order valence-corrected chi connectivity index (χ1v) is 9.40. The molecule has 0 atom stereocenters. The Morgan fingerprint density at radius 2 is 1.74 bits per heavy atom. The molecule has 1 heterocycles. The number of aromatic nitrogens is 2. The number of rotatable bonds is 7. The Hall–Kier alpha value is -2.93. The molecule has 1 N–H and O–H groups in total. The molecule has 3 rings (SSSR count). The molecule has 0 aliphatic carbocycles. The van der Waals surface area contributed by atoms with Crippen molar-refractivity contribution in [2.45, 2.75) is 25.5 Å². The van der Waals surface area contributed by atoms with Gasteiger partial charge in [0.05, 0.1) is 12.2 Å². The Morgan fingerprint density at radius 1 is 1.04 bits per heavy atom. The number of Topliss-reactive ketones (excluding diaryl/α,β-unsaturated/α-hetero) is 1. The summed E-state index contributed by atoms with van der Waals surface area (Å²) in [6, 6.07) is 14.9. The van der Waals surface area contributed by atoms with Crippen molar-refractivity contribution >= 4 is 29.1 Å². The second kappa shape index (κ2) is 8.64. The maximum absolute atomic E-state index is 12.0. The van der Waals surface area contributed by atoms with Crippen LogP contribution < -0.4 is 5.32 Å². The zero-order valence-electron chi connectivity index (χ0n) is 15.1. The number of benzene rings is 2. The third-order valence-corrected chi connectivity index (χ3v) is 4.64. The Bertz CT molecular complexity index is 934. The predicted octanol–water partition coefficient (Wildman–Crippen LogP) is 3.90. The van der Waals surface area contributed by atoms with Crippen molar-refractivity contribution in [1.29, 1.82) is 0 Å². The first-order chi connectivity index (χ1) is 13.0. The first kappa shape index (κ1) is 18.8. The van der Waals surface area contributed by atoms with E-state index in [1.807, 2.05) is 31.2 Å². The molecule has 3 aromatic rings. The fourth-order valence-electron chi connectivity index (χ4n) is 2.36. The molecule has 0 spiro atoms. The van der Waals surface area contributed by atoms with Crippen LogP contribution in [0.2, 0.25) is 0 Å². The van der Waals surface area contributed by atoms with Crippen molar-refractivity contribution in [3.05, 3.63) is 71.1 Å². The highest BCUT2D eigenvalue weighted by molar-refractivity contribution is 7.99. The van der Waals surface area contributed by atoms with Crippen LogP contribution in [-0.4, -0.2) is 27.6 Å². The SMILES string of the molecule is CC(=O)c1ccc(NC(=O)CSc2nnc(Cc3ccc(C)cc3)o2)cc1. The van der Waals surface area contributed by atoms with Gasteiger partial charge < -0.3 is 9.73 Å². The predicted molar refractivity (Wildman–Crippen MR) is 104 cm³/mol. The van der Waals surface area contributed by atoms with Crippen LogP contribution in [0.15, 0.2) is 58.2 Å². The largest absolute Gasteiger partial charge is 0.416 e. The van der Waals surface area contributed by atoms with Crippen molar-refractivity contribution in [3.8, 4) is 0 Å². The normalized spacial score (nSPS) is 10.6. The minimum atomic E-state index is -0.186. The fraction of sp³-hybridized carbons (Fsp3) is 0.200. The lowest BCUT2D eigenvalue weighted by molar-refractivity contribution is -0.113. The Balaban J connectivity index is 1.49. The van der Waals surface area contributed by atoms with E-state index in [9.17, 15) is 9.59 Å². The van der Waals surface area contributed by atoms with Gasteiger partial charge in [0.1, 0.15) is 0 Å². The quantitative estimate of drug-likeness (QED) is 0.493. The molecule has 6 nitrogen and oxygen atoms in total. The summed E-state index contributed by atoms with van der Waals surface area (Å²) in [6.07, 6.45) is 0.558. The number of carbonyl (C=O) groups is 2. The maximum Gasteiger partial charge on any atom is 0.277 e. The first-order valence-electron chi connectivity index (χ1n) is 8.41. The summed E-state index contributed by atoms with van der Waals surface area (Å²) in [5, 5.41) is 11.1. The molecule has 0 unspecified atom stereocenters. The highest BCUT2D eigenvalue weighted by Gasteiger charge is 2.11. The van der Waals surface area contributed by atoms with Gasteiger partial charge in [0.2, 0.25) is 11.8 Å². The summed E-state index contributed by atoms with van der Waals surface area (Å²) in [4.78, 5) is 23.3. The number of nitrogens with zero attached hydrogens (tertiary/aromatic N) is 2. The zero-order valence-corrected chi connectivity index (χ0v) is 15.9. The van der Waals surface area contributed by atoms with Crippen molar-refractivity contribution in [2.75, 3.05) is 11.1 Å². The van der Waals surface area contributed by atoms with E-state index < -0.39 is 0 Å². The van der Waals surface area contributed by atoms with Crippen molar-refractivity contribution in [1.82, 2.24) is 10.2 Å². The molecule has 7 heteroatoms. The summed E-state index contributed by atoms with van der Waals surface area (Å²) in [7, 11) is 0. The van der Waals surface area contributed by atoms with Gasteiger partial charge in [0.25, 0.3) is 5.22 Å². The molecule has 0 aliphatic rings. The van der Waals surface area contributed by atoms with E-state index in [1.54, 1.807) is 24.3 Å². The average Bonchev–Trinajstić information content (AvgIpc) is 3.10. The molecule has 1 aromatic heterocycles. The minimum absolute atomic E-state index is 0.0127. The summed E-state index contributed by atoms with van der Waals surface area (Å²) in [6.45, 7) is 3.54. The molecule has 0 aliphatic heterocycles. The molecule has 0 fully saturated rings. The smallest absolute Gasteiger partial charge is 0.277 e. The van der Waals surface area contributed by atoms with Gasteiger partial charge in [-0.25, -0.2) is 0 Å². The van der Waals surface area contributed by atoms with Crippen LogP contribution in [0.1, 0.15) is 34.3 Å². The number of amides is 1. The van der Waals surface area contributed by atoms with Gasteiger partial charge in [0.15, 0.2) is 5.78 Å². The van der Waals surface area contributed by atoms with Gasteiger partial charge in [-0.1, -0.05) is 41.6 Å². The third-order valence-electron chi connectivity index (χ3n) is 3.83. The summed E-state index contributed by atoms with van der Waals surface area (Å²) >= 11 is 1.18.